The first-order valence-electron chi connectivity index (χ1n) is 8.61. The molecule has 2 aromatic rings. The van der Waals surface area contributed by atoms with Crippen LogP contribution in [-0.4, -0.2) is 59.4 Å². The first-order chi connectivity index (χ1) is 13.0. The van der Waals surface area contributed by atoms with Crippen LogP contribution >= 0.6 is 11.8 Å². The Morgan fingerprint density at radius 2 is 1.67 bits per heavy atom. The molecule has 146 valence electrons. The lowest BCUT2D eigenvalue weighted by atomic mass is 10.2. The van der Waals surface area contributed by atoms with Crippen LogP contribution in [0.3, 0.4) is 0 Å². The molecule has 0 radical (unpaired) electrons. The molecule has 0 aromatic heterocycles. The molecule has 1 aliphatic rings. The molecule has 0 bridgehead atoms. The van der Waals surface area contributed by atoms with Crippen molar-refractivity contribution >= 4 is 27.5 Å². The maximum atomic E-state index is 13.2. The zero-order chi connectivity index (χ0) is 19.4. The Labute approximate surface area is 165 Å². The Morgan fingerprint density at radius 1 is 0.963 bits per heavy atom. The van der Waals surface area contributed by atoms with Crippen molar-refractivity contribution in [2.45, 2.75) is 9.79 Å². The Bertz CT molecular complexity index is 894. The summed E-state index contributed by atoms with van der Waals surface area (Å²) in [4.78, 5) is 3.58. The largest absolute Gasteiger partial charge is 0.497 e. The summed E-state index contributed by atoms with van der Waals surface area (Å²) in [6, 6.07) is 13.0. The first-order valence-corrected chi connectivity index (χ1v) is 11.3. The number of benzene rings is 2. The fraction of sp³-hybridized carbons (Fsp3) is 0.368. The number of rotatable bonds is 6. The quantitative estimate of drug-likeness (QED) is 0.685. The third-order valence-electron chi connectivity index (χ3n) is 4.65. The van der Waals surface area contributed by atoms with E-state index >= 15 is 0 Å². The Morgan fingerprint density at radius 3 is 2.30 bits per heavy atom. The average Bonchev–Trinajstić information content (AvgIpc) is 2.73. The summed E-state index contributed by atoms with van der Waals surface area (Å²) in [5.74, 6) is 0.813. The molecule has 0 saturated carbocycles. The van der Waals surface area contributed by atoms with E-state index in [0.29, 0.717) is 37.7 Å². The summed E-state index contributed by atoms with van der Waals surface area (Å²) in [6.45, 7) is 2.13. The van der Waals surface area contributed by atoms with Gasteiger partial charge in [0.05, 0.1) is 19.9 Å². The van der Waals surface area contributed by atoms with Crippen molar-refractivity contribution in [3.05, 3.63) is 42.5 Å². The van der Waals surface area contributed by atoms with E-state index < -0.39 is 10.0 Å². The molecule has 1 saturated heterocycles. The summed E-state index contributed by atoms with van der Waals surface area (Å²) in [5, 5.41) is 0. The van der Waals surface area contributed by atoms with Crippen LogP contribution in [0, 0.1) is 0 Å². The van der Waals surface area contributed by atoms with E-state index in [1.165, 1.54) is 29.5 Å². The average molecular weight is 409 g/mol. The van der Waals surface area contributed by atoms with Crippen molar-refractivity contribution in [1.82, 2.24) is 4.31 Å². The third kappa shape index (κ3) is 4.02. The molecular weight excluding hydrogens is 384 g/mol. The van der Waals surface area contributed by atoms with Crippen molar-refractivity contribution < 1.29 is 17.9 Å². The van der Waals surface area contributed by atoms with E-state index in [0.717, 1.165) is 5.69 Å². The highest BCUT2D eigenvalue weighted by atomic mass is 32.2. The van der Waals surface area contributed by atoms with Crippen molar-refractivity contribution in [1.29, 1.82) is 0 Å². The van der Waals surface area contributed by atoms with Gasteiger partial charge in [-0.15, -0.1) is 11.8 Å². The summed E-state index contributed by atoms with van der Waals surface area (Å²) < 4.78 is 38.3. The molecule has 3 rings (SSSR count). The Hall–Kier alpha value is -1.90. The predicted molar refractivity (Wildman–Crippen MR) is 109 cm³/mol. The minimum atomic E-state index is -3.66. The second-order valence-electron chi connectivity index (χ2n) is 6.08. The van der Waals surface area contributed by atoms with Crippen molar-refractivity contribution in [2.75, 3.05) is 51.6 Å². The maximum Gasteiger partial charge on any atom is 0.247 e. The molecule has 27 heavy (non-hydrogen) atoms. The molecule has 1 aliphatic heterocycles. The van der Waals surface area contributed by atoms with Gasteiger partial charge in [-0.1, -0.05) is 12.1 Å². The van der Waals surface area contributed by atoms with E-state index in [1.807, 2.05) is 12.1 Å². The molecule has 0 N–H and O–H groups in total. The van der Waals surface area contributed by atoms with Crippen LogP contribution in [0.4, 0.5) is 5.69 Å². The fourth-order valence-electron chi connectivity index (χ4n) is 3.19. The summed E-state index contributed by atoms with van der Waals surface area (Å²) in [6.07, 6.45) is 2.05. The van der Waals surface area contributed by atoms with Crippen LogP contribution in [0.25, 0.3) is 0 Å². The van der Waals surface area contributed by atoms with Crippen LogP contribution in [0.15, 0.2) is 52.3 Å². The molecule has 0 amide bonds. The number of piperazine rings is 1. The van der Waals surface area contributed by atoms with Crippen molar-refractivity contribution in [3.63, 3.8) is 0 Å². The number of hydrogen-bond acceptors (Lipinski definition) is 6. The van der Waals surface area contributed by atoms with Gasteiger partial charge in [0.2, 0.25) is 10.0 Å². The predicted octanol–water partition coefficient (Wildman–Crippen LogP) is 2.94. The first kappa shape index (κ1) is 19.9. The highest BCUT2D eigenvalue weighted by molar-refractivity contribution is 7.98. The molecule has 0 atom stereocenters. The van der Waals surface area contributed by atoms with E-state index in [1.54, 1.807) is 23.9 Å². The van der Waals surface area contributed by atoms with E-state index in [9.17, 15) is 8.42 Å². The number of para-hydroxylation sites is 1. The van der Waals surface area contributed by atoms with Gasteiger partial charge < -0.3 is 14.4 Å². The standard InChI is InChI=1S/C19H24N2O4S2/c1-24-15-8-9-17(25-2)19(14-15)27(22,23)21-12-10-20(11-13-21)16-6-4-5-7-18(16)26-3/h4-9,14H,10-13H2,1-3H3. The van der Waals surface area contributed by atoms with Gasteiger partial charge in [-0.2, -0.15) is 4.31 Å². The molecule has 8 heteroatoms. The van der Waals surface area contributed by atoms with E-state index in [-0.39, 0.29) is 4.90 Å². The lowest BCUT2D eigenvalue weighted by molar-refractivity contribution is 0.370. The molecule has 1 fully saturated rings. The van der Waals surface area contributed by atoms with Gasteiger partial charge in [-0.3, -0.25) is 0 Å². The molecule has 0 aliphatic carbocycles. The normalized spacial score (nSPS) is 15.6. The molecule has 1 heterocycles. The fourth-order valence-corrected chi connectivity index (χ4v) is 5.40. The van der Waals surface area contributed by atoms with Gasteiger partial charge in [0.15, 0.2) is 0 Å². The number of methoxy groups -OCH3 is 2. The van der Waals surface area contributed by atoms with Gasteiger partial charge >= 0.3 is 0 Å². The number of ether oxygens (including phenoxy) is 2. The number of thioether (sulfide) groups is 1. The molecule has 0 spiro atoms. The van der Waals surface area contributed by atoms with E-state index in [2.05, 4.69) is 23.3 Å². The Kier molecular flexibility index (Phi) is 6.18. The smallest absolute Gasteiger partial charge is 0.247 e. The van der Waals surface area contributed by atoms with Crippen LogP contribution < -0.4 is 14.4 Å². The maximum absolute atomic E-state index is 13.2. The highest BCUT2D eigenvalue weighted by Crippen LogP contribution is 2.33. The lowest BCUT2D eigenvalue weighted by Gasteiger charge is -2.36. The molecule has 2 aromatic carbocycles. The minimum absolute atomic E-state index is 0.141. The summed E-state index contributed by atoms with van der Waals surface area (Å²) >= 11 is 1.70. The van der Waals surface area contributed by atoms with Crippen LogP contribution in [0.2, 0.25) is 0 Å². The van der Waals surface area contributed by atoms with Gasteiger partial charge in [-0.25, -0.2) is 8.42 Å². The van der Waals surface area contributed by atoms with Gasteiger partial charge in [0.1, 0.15) is 16.4 Å². The zero-order valence-corrected chi connectivity index (χ0v) is 17.3. The third-order valence-corrected chi connectivity index (χ3v) is 7.36. The lowest BCUT2D eigenvalue weighted by Crippen LogP contribution is -2.48. The molecular formula is C19H24N2O4S2. The second-order valence-corrected chi connectivity index (χ2v) is 8.83. The SMILES string of the molecule is COc1ccc(OC)c(S(=O)(=O)N2CCN(c3ccccc3SC)CC2)c1. The van der Waals surface area contributed by atoms with E-state index in [4.69, 9.17) is 9.47 Å². The van der Waals surface area contributed by atoms with Gasteiger partial charge in [0.25, 0.3) is 0 Å². The second kappa shape index (κ2) is 8.41. The van der Waals surface area contributed by atoms with Crippen molar-refractivity contribution in [3.8, 4) is 11.5 Å². The molecule has 6 nitrogen and oxygen atoms in total. The van der Waals surface area contributed by atoms with Gasteiger partial charge in [0, 0.05) is 37.1 Å². The van der Waals surface area contributed by atoms with Crippen LogP contribution in [0.1, 0.15) is 0 Å². The Balaban J connectivity index is 1.81. The number of hydrogen-bond donors (Lipinski definition) is 0. The van der Waals surface area contributed by atoms with Crippen LogP contribution in [0.5, 0.6) is 11.5 Å². The highest BCUT2D eigenvalue weighted by Gasteiger charge is 2.31. The number of anilines is 1. The number of nitrogens with zero attached hydrogens (tertiary/aromatic N) is 2. The topological polar surface area (TPSA) is 59.1 Å². The zero-order valence-electron chi connectivity index (χ0n) is 15.7. The molecule has 0 unspecified atom stereocenters. The number of sulfonamides is 1. The van der Waals surface area contributed by atoms with Crippen molar-refractivity contribution in [2.24, 2.45) is 0 Å². The summed E-state index contributed by atoms with van der Waals surface area (Å²) in [5.41, 5.74) is 1.15. The van der Waals surface area contributed by atoms with Crippen LogP contribution in [-0.2, 0) is 10.0 Å². The van der Waals surface area contributed by atoms with Gasteiger partial charge in [-0.05, 0) is 30.5 Å². The summed E-state index contributed by atoms with van der Waals surface area (Å²) in [7, 11) is -0.678. The monoisotopic (exact) mass is 408 g/mol. The minimum Gasteiger partial charge on any atom is -0.497 e.